The highest BCUT2D eigenvalue weighted by Crippen LogP contribution is 2.26. The summed E-state index contributed by atoms with van der Waals surface area (Å²) in [5.74, 6) is -1.08. The number of ether oxygens (including phenoxy) is 1. The summed E-state index contributed by atoms with van der Waals surface area (Å²) in [6.07, 6.45) is -3.50. The van der Waals surface area contributed by atoms with Gasteiger partial charge in [0.05, 0.1) is 6.33 Å². The number of imidazole rings is 1. The Bertz CT molecular complexity index is 1230. The molecule has 12 heteroatoms. The molecule has 0 N–H and O–H groups in total. The normalized spacial score (nSPS) is 11.7. The standard InChI is InChI=1S/C18H18F3N5O4/c1-23(8-11-6-4-5-7-12(11)30-18(19,20)21)13(27)9-26-16(28)14-15(22-10-24(14)2)25(3)17(26)29/h4-7,10H,8-9H2,1-3H3. The third-order valence-electron chi connectivity index (χ3n) is 4.53. The highest BCUT2D eigenvalue weighted by molar-refractivity contribution is 5.76. The first-order valence-electron chi connectivity index (χ1n) is 8.68. The molecule has 9 nitrogen and oxygen atoms in total. The van der Waals surface area contributed by atoms with Gasteiger partial charge in [-0.05, 0) is 6.07 Å². The number of likely N-dealkylation sites (N-methyl/N-ethyl adjacent to an activating group) is 1. The number of halogens is 3. The summed E-state index contributed by atoms with van der Waals surface area (Å²) in [6.45, 7) is -0.792. The number of carbonyl (C=O) groups is 1. The second kappa shape index (κ2) is 7.69. The van der Waals surface area contributed by atoms with Gasteiger partial charge >= 0.3 is 12.1 Å². The number of aromatic nitrogens is 4. The summed E-state index contributed by atoms with van der Waals surface area (Å²) in [4.78, 5) is 42.9. The molecule has 0 fully saturated rings. The minimum atomic E-state index is -4.88. The Morgan fingerprint density at radius 3 is 2.53 bits per heavy atom. The average Bonchev–Trinajstić information content (AvgIpc) is 3.05. The number of benzene rings is 1. The molecule has 0 unspecified atom stereocenters. The zero-order valence-electron chi connectivity index (χ0n) is 16.3. The number of hydrogen-bond acceptors (Lipinski definition) is 5. The topological polar surface area (TPSA) is 91.4 Å². The second-order valence-electron chi connectivity index (χ2n) is 6.67. The van der Waals surface area contributed by atoms with Crippen LogP contribution < -0.4 is 16.0 Å². The molecule has 3 aromatic rings. The molecule has 0 atom stereocenters. The number of aryl methyl sites for hydroxylation is 2. The monoisotopic (exact) mass is 425 g/mol. The van der Waals surface area contributed by atoms with E-state index in [-0.39, 0.29) is 23.3 Å². The summed E-state index contributed by atoms with van der Waals surface area (Å²) in [6, 6.07) is 5.40. The van der Waals surface area contributed by atoms with Crippen LogP contribution in [0.3, 0.4) is 0 Å². The number of nitrogens with zero attached hydrogens (tertiary/aromatic N) is 5. The van der Waals surface area contributed by atoms with Crippen molar-refractivity contribution in [1.29, 1.82) is 0 Å². The summed E-state index contributed by atoms with van der Waals surface area (Å²) in [5, 5.41) is 0. The number of rotatable bonds is 5. The Morgan fingerprint density at radius 1 is 1.20 bits per heavy atom. The van der Waals surface area contributed by atoms with Crippen LogP contribution in [0.25, 0.3) is 11.2 Å². The lowest BCUT2D eigenvalue weighted by Crippen LogP contribution is -2.43. The van der Waals surface area contributed by atoms with Crippen LogP contribution in [-0.2, 0) is 32.0 Å². The van der Waals surface area contributed by atoms with Crippen molar-refractivity contribution >= 4 is 17.1 Å². The minimum absolute atomic E-state index is 0.119. The minimum Gasteiger partial charge on any atom is -0.405 e. The van der Waals surface area contributed by atoms with Gasteiger partial charge in [0.25, 0.3) is 5.56 Å². The summed E-state index contributed by atoms with van der Waals surface area (Å²) in [7, 11) is 4.36. The Labute approximate surface area is 167 Å². The molecule has 0 radical (unpaired) electrons. The zero-order valence-corrected chi connectivity index (χ0v) is 16.3. The van der Waals surface area contributed by atoms with Gasteiger partial charge in [0.1, 0.15) is 12.3 Å². The molecule has 1 amide bonds. The molecule has 0 bridgehead atoms. The lowest BCUT2D eigenvalue weighted by Gasteiger charge is -2.20. The number of hydrogen-bond donors (Lipinski definition) is 0. The number of amides is 1. The first kappa shape index (κ1) is 21.1. The molecule has 0 aliphatic rings. The van der Waals surface area contributed by atoms with Gasteiger partial charge in [-0.25, -0.2) is 14.3 Å². The van der Waals surface area contributed by atoms with Gasteiger partial charge in [-0.15, -0.1) is 13.2 Å². The van der Waals surface area contributed by atoms with Crippen LogP contribution in [-0.4, -0.2) is 42.9 Å². The third-order valence-corrected chi connectivity index (χ3v) is 4.53. The van der Waals surface area contributed by atoms with Crippen molar-refractivity contribution in [1.82, 2.24) is 23.6 Å². The molecule has 0 spiro atoms. The molecule has 2 heterocycles. The van der Waals surface area contributed by atoms with Gasteiger partial charge < -0.3 is 14.2 Å². The fraction of sp³-hybridized carbons (Fsp3) is 0.333. The SMILES string of the molecule is CN(Cc1ccccc1OC(F)(F)F)C(=O)Cn1c(=O)c2c(ncn2C)n(C)c1=O. The van der Waals surface area contributed by atoms with E-state index in [0.29, 0.717) is 0 Å². The van der Waals surface area contributed by atoms with E-state index in [9.17, 15) is 27.6 Å². The predicted molar refractivity (Wildman–Crippen MR) is 99.8 cm³/mol. The van der Waals surface area contributed by atoms with Crippen molar-refractivity contribution in [3.63, 3.8) is 0 Å². The van der Waals surface area contributed by atoms with Crippen LogP contribution in [0.4, 0.5) is 13.2 Å². The highest BCUT2D eigenvalue weighted by Gasteiger charge is 2.32. The molecule has 30 heavy (non-hydrogen) atoms. The summed E-state index contributed by atoms with van der Waals surface area (Å²) >= 11 is 0. The fourth-order valence-corrected chi connectivity index (χ4v) is 2.99. The lowest BCUT2D eigenvalue weighted by atomic mass is 10.2. The van der Waals surface area contributed by atoms with Crippen LogP contribution >= 0.6 is 0 Å². The Kier molecular flexibility index (Phi) is 5.42. The summed E-state index contributed by atoms with van der Waals surface area (Å²) in [5.41, 5.74) is -0.961. The first-order valence-corrected chi connectivity index (χ1v) is 8.68. The average molecular weight is 425 g/mol. The molecule has 3 rings (SSSR count). The van der Waals surface area contributed by atoms with E-state index in [0.717, 1.165) is 20.1 Å². The lowest BCUT2D eigenvalue weighted by molar-refractivity contribution is -0.275. The van der Waals surface area contributed by atoms with Gasteiger partial charge in [-0.3, -0.25) is 14.2 Å². The smallest absolute Gasteiger partial charge is 0.405 e. The van der Waals surface area contributed by atoms with E-state index < -0.39 is 35.8 Å². The van der Waals surface area contributed by atoms with Crippen LogP contribution in [0.5, 0.6) is 5.75 Å². The largest absolute Gasteiger partial charge is 0.573 e. The Balaban J connectivity index is 1.87. The second-order valence-corrected chi connectivity index (χ2v) is 6.67. The maximum Gasteiger partial charge on any atom is 0.573 e. The van der Waals surface area contributed by atoms with E-state index >= 15 is 0 Å². The molecule has 0 aliphatic heterocycles. The first-order chi connectivity index (χ1) is 14.0. The molecule has 0 saturated heterocycles. The van der Waals surface area contributed by atoms with Crippen molar-refractivity contribution < 1.29 is 22.7 Å². The molecule has 0 saturated carbocycles. The van der Waals surface area contributed by atoms with Crippen LogP contribution in [0.15, 0.2) is 40.2 Å². The van der Waals surface area contributed by atoms with Crippen molar-refractivity contribution in [2.75, 3.05) is 7.05 Å². The van der Waals surface area contributed by atoms with Crippen LogP contribution in [0, 0.1) is 0 Å². The maximum absolute atomic E-state index is 12.7. The number of fused-ring (bicyclic) bond motifs is 1. The van der Waals surface area contributed by atoms with Crippen molar-refractivity contribution in [3.05, 3.63) is 57.0 Å². The van der Waals surface area contributed by atoms with Crippen molar-refractivity contribution in [3.8, 4) is 5.75 Å². The van der Waals surface area contributed by atoms with Gasteiger partial charge in [0.2, 0.25) is 5.91 Å². The molecular weight excluding hydrogens is 407 g/mol. The fourth-order valence-electron chi connectivity index (χ4n) is 2.99. The number of alkyl halides is 3. The number of para-hydroxylation sites is 1. The van der Waals surface area contributed by atoms with Crippen molar-refractivity contribution in [2.24, 2.45) is 14.1 Å². The van der Waals surface area contributed by atoms with E-state index in [1.165, 1.54) is 43.2 Å². The quantitative estimate of drug-likeness (QED) is 0.608. The van der Waals surface area contributed by atoms with E-state index in [4.69, 9.17) is 0 Å². The van der Waals surface area contributed by atoms with Crippen LogP contribution in [0.1, 0.15) is 5.56 Å². The van der Waals surface area contributed by atoms with Gasteiger partial charge in [-0.2, -0.15) is 0 Å². The summed E-state index contributed by atoms with van der Waals surface area (Å²) < 4.78 is 45.1. The molecular formula is C18H18F3N5O4. The Morgan fingerprint density at radius 2 is 1.87 bits per heavy atom. The molecule has 160 valence electrons. The van der Waals surface area contributed by atoms with E-state index in [2.05, 4.69) is 9.72 Å². The van der Waals surface area contributed by atoms with Gasteiger partial charge in [0.15, 0.2) is 11.2 Å². The van der Waals surface area contributed by atoms with Gasteiger partial charge in [0, 0.05) is 33.3 Å². The van der Waals surface area contributed by atoms with Crippen LogP contribution in [0.2, 0.25) is 0 Å². The molecule has 2 aromatic heterocycles. The molecule has 1 aromatic carbocycles. The van der Waals surface area contributed by atoms with E-state index in [1.54, 1.807) is 7.05 Å². The third kappa shape index (κ3) is 4.07. The van der Waals surface area contributed by atoms with Crippen molar-refractivity contribution in [2.45, 2.75) is 19.5 Å². The number of carbonyl (C=O) groups excluding carboxylic acids is 1. The maximum atomic E-state index is 12.7. The zero-order chi connectivity index (χ0) is 22.2. The highest BCUT2D eigenvalue weighted by atomic mass is 19.4. The predicted octanol–water partition coefficient (Wildman–Crippen LogP) is 0.991. The molecule has 0 aliphatic carbocycles. The van der Waals surface area contributed by atoms with E-state index in [1.807, 2.05) is 0 Å². The Hall–Kier alpha value is -3.57. The van der Waals surface area contributed by atoms with Gasteiger partial charge in [-0.1, -0.05) is 18.2 Å².